The molecule has 1 aliphatic heterocycles. The number of hydrogen-bond donors (Lipinski definition) is 1. The second-order valence-corrected chi connectivity index (χ2v) is 6.27. The van der Waals surface area contributed by atoms with Crippen molar-refractivity contribution in [1.82, 2.24) is 15.1 Å². The van der Waals surface area contributed by atoms with Crippen LogP contribution < -0.4 is 5.32 Å². The molecule has 1 saturated heterocycles. The number of amides is 2. The molecule has 0 aromatic heterocycles. The highest BCUT2D eigenvalue weighted by atomic mass is 16.2. The van der Waals surface area contributed by atoms with Gasteiger partial charge in [-0.15, -0.1) is 0 Å². The van der Waals surface area contributed by atoms with Gasteiger partial charge >= 0.3 is 6.03 Å². The van der Waals surface area contributed by atoms with Crippen molar-refractivity contribution in [3.05, 3.63) is 0 Å². The van der Waals surface area contributed by atoms with Gasteiger partial charge < -0.3 is 10.2 Å². The van der Waals surface area contributed by atoms with E-state index in [1.54, 1.807) is 0 Å². The molecule has 110 valence electrons. The van der Waals surface area contributed by atoms with Crippen LogP contribution >= 0.6 is 0 Å². The number of rotatable bonds is 2. The second-order valence-electron chi connectivity index (χ2n) is 6.27. The van der Waals surface area contributed by atoms with Gasteiger partial charge in [0, 0.05) is 38.3 Å². The molecule has 19 heavy (non-hydrogen) atoms. The Balaban J connectivity index is 1.76. The highest BCUT2D eigenvalue weighted by molar-refractivity contribution is 5.74. The van der Waals surface area contributed by atoms with Gasteiger partial charge in [0.05, 0.1) is 0 Å². The predicted molar refractivity (Wildman–Crippen MR) is 78.3 cm³/mol. The smallest absolute Gasteiger partial charge is 0.317 e. The Kier molecular flexibility index (Phi) is 5.49. The summed E-state index contributed by atoms with van der Waals surface area (Å²) in [5, 5.41) is 2.99. The average Bonchev–Trinajstić information content (AvgIpc) is 2.67. The van der Waals surface area contributed by atoms with Crippen LogP contribution in [0, 0.1) is 0 Å². The van der Waals surface area contributed by atoms with Gasteiger partial charge in [-0.2, -0.15) is 0 Å². The Morgan fingerprint density at radius 3 is 2.11 bits per heavy atom. The summed E-state index contributed by atoms with van der Waals surface area (Å²) < 4.78 is 0. The molecule has 0 radical (unpaired) electrons. The van der Waals surface area contributed by atoms with Gasteiger partial charge in [-0.3, -0.25) is 4.90 Å². The van der Waals surface area contributed by atoms with E-state index < -0.39 is 0 Å². The van der Waals surface area contributed by atoms with Crippen molar-refractivity contribution < 1.29 is 4.79 Å². The summed E-state index contributed by atoms with van der Waals surface area (Å²) in [7, 11) is 0. The van der Waals surface area contributed by atoms with E-state index in [-0.39, 0.29) is 12.1 Å². The van der Waals surface area contributed by atoms with Gasteiger partial charge in [0.2, 0.25) is 0 Å². The average molecular weight is 267 g/mol. The van der Waals surface area contributed by atoms with Crippen LogP contribution in [0.3, 0.4) is 0 Å². The summed E-state index contributed by atoms with van der Waals surface area (Å²) in [6, 6.07) is 1.11. The Morgan fingerprint density at radius 2 is 1.58 bits per heavy atom. The van der Waals surface area contributed by atoms with Crippen LogP contribution in [0.15, 0.2) is 0 Å². The molecule has 0 aromatic carbocycles. The highest BCUT2D eigenvalue weighted by Crippen LogP contribution is 2.22. The number of nitrogens with zero attached hydrogens (tertiary/aromatic N) is 2. The summed E-state index contributed by atoms with van der Waals surface area (Å²) in [6.45, 7) is 7.90. The summed E-state index contributed by atoms with van der Waals surface area (Å²) >= 11 is 0. The molecular formula is C15H29N3O. The fourth-order valence-corrected chi connectivity index (χ4v) is 3.25. The van der Waals surface area contributed by atoms with Crippen molar-refractivity contribution in [2.75, 3.05) is 26.2 Å². The third-order valence-corrected chi connectivity index (χ3v) is 4.35. The van der Waals surface area contributed by atoms with E-state index in [4.69, 9.17) is 0 Å². The number of carbonyl (C=O) groups excluding carboxylic acids is 1. The van der Waals surface area contributed by atoms with Crippen molar-refractivity contribution in [1.29, 1.82) is 0 Å². The molecule has 4 heteroatoms. The Morgan fingerprint density at radius 1 is 1.00 bits per heavy atom. The summed E-state index contributed by atoms with van der Waals surface area (Å²) in [5.74, 6) is 0. The minimum atomic E-state index is 0.107. The van der Waals surface area contributed by atoms with Gasteiger partial charge in [0.1, 0.15) is 0 Å². The van der Waals surface area contributed by atoms with Gasteiger partial charge in [-0.05, 0) is 26.7 Å². The second kappa shape index (κ2) is 7.13. The summed E-state index contributed by atoms with van der Waals surface area (Å²) in [5.41, 5.74) is 0. The zero-order valence-corrected chi connectivity index (χ0v) is 12.5. The molecule has 2 aliphatic rings. The topological polar surface area (TPSA) is 35.6 Å². The first-order chi connectivity index (χ1) is 9.16. The van der Waals surface area contributed by atoms with Crippen molar-refractivity contribution in [2.24, 2.45) is 0 Å². The molecule has 0 unspecified atom stereocenters. The van der Waals surface area contributed by atoms with Crippen molar-refractivity contribution in [2.45, 2.75) is 64.5 Å². The Labute approximate surface area is 117 Å². The first-order valence-electron chi connectivity index (χ1n) is 7.96. The lowest BCUT2D eigenvalue weighted by Gasteiger charge is -2.39. The monoisotopic (exact) mass is 267 g/mol. The summed E-state index contributed by atoms with van der Waals surface area (Å²) in [6.07, 6.45) is 8.31. The van der Waals surface area contributed by atoms with Crippen LogP contribution in [0.4, 0.5) is 4.79 Å². The quantitative estimate of drug-likeness (QED) is 0.780. The standard InChI is InChI=1S/C15H29N3O/c1-13(2)16-15(19)18-11-9-17(10-12-18)14-7-5-3-4-6-8-14/h13-14H,3-12H2,1-2H3,(H,16,19). The Hall–Kier alpha value is -0.770. The molecule has 1 heterocycles. The Bertz CT molecular complexity index is 277. The van der Waals surface area contributed by atoms with E-state index in [0.29, 0.717) is 0 Å². The molecule has 1 N–H and O–H groups in total. The van der Waals surface area contributed by atoms with E-state index in [1.165, 1.54) is 38.5 Å². The van der Waals surface area contributed by atoms with Crippen LogP contribution in [-0.4, -0.2) is 54.1 Å². The van der Waals surface area contributed by atoms with Gasteiger partial charge in [0.15, 0.2) is 0 Å². The molecule has 0 aromatic rings. The molecule has 2 fully saturated rings. The van der Waals surface area contributed by atoms with Crippen molar-refractivity contribution >= 4 is 6.03 Å². The molecule has 1 aliphatic carbocycles. The largest absolute Gasteiger partial charge is 0.336 e. The van der Waals surface area contributed by atoms with Crippen molar-refractivity contribution in [3.63, 3.8) is 0 Å². The number of carbonyl (C=O) groups is 1. The van der Waals surface area contributed by atoms with Crippen molar-refractivity contribution in [3.8, 4) is 0 Å². The first kappa shape index (κ1) is 14.6. The maximum Gasteiger partial charge on any atom is 0.317 e. The lowest BCUT2D eigenvalue weighted by Crippen LogP contribution is -2.54. The molecule has 2 amide bonds. The SMILES string of the molecule is CC(C)NC(=O)N1CCN(C2CCCCCC2)CC1. The predicted octanol–water partition coefficient (Wildman–Crippen LogP) is 2.44. The van der Waals surface area contributed by atoms with E-state index in [9.17, 15) is 4.79 Å². The number of urea groups is 1. The maximum absolute atomic E-state index is 11.9. The molecule has 0 bridgehead atoms. The minimum Gasteiger partial charge on any atom is -0.336 e. The molecule has 0 spiro atoms. The maximum atomic E-state index is 11.9. The zero-order valence-electron chi connectivity index (χ0n) is 12.5. The minimum absolute atomic E-state index is 0.107. The molecule has 4 nitrogen and oxygen atoms in total. The lowest BCUT2D eigenvalue weighted by molar-refractivity contribution is 0.100. The van der Waals surface area contributed by atoms with Crippen LogP contribution in [0.25, 0.3) is 0 Å². The van der Waals surface area contributed by atoms with Crippen LogP contribution in [0.2, 0.25) is 0 Å². The van der Waals surface area contributed by atoms with Gasteiger partial charge in [-0.25, -0.2) is 4.79 Å². The van der Waals surface area contributed by atoms with Crippen LogP contribution in [0.5, 0.6) is 0 Å². The van der Waals surface area contributed by atoms with Gasteiger partial charge in [0.25, 0.3) is 0 Å². The summed E-state index contributed by atoms with van der Waals surface area (Å²) in [4.78, 5) is 16.5. The van der Waals surface area contributed by atoms with E-state index in [0.717, 1.165) is 32.2 Å². The normalized spacial score (nSPS) is 23.4. The lowest BCUT2D eigenvalue weighted by atomic mass is 10.1. The van der Waals surface area contributed by atoms with Crippen LogP contribution in [-0.2, 0) is 0 Å². The van der Waals surface area contributed by atoms with E-state index in [2.05, 4.69) is 10.2 Å². The molecule has 0 atom stereocenters. The van der Waals surface area contributed by atoms with E-state index in [1.807, 2.05) is 18.7 Å². The van der Waals surface area contributed by atoms with Gasteiger partial charge in [-0.1, -0.05) is 25.7 Å². The third-order valence-electron chi connectivity index (χ3n) is 4.35. The fraction of sp³-hybridized carbons (Fsp3) is 0.933. The van der Waals surface area contributed by atoms with Crippen LogP contribution in [0.1, 0.15) is 52.4 Å². The number of nitrogens with one attached hydrogen (secondary N) is 1. The molecule has 2 rings (SSSR count). The zero-order chi connectivity index (χ0) is 13.7. The fourth-order valence-electron chi connectivity index (χ4n) is 3.25. The molecular weight excluding hydrogens is 238 g/mol. The first-order valence-corrected chi connectivity index (χ1v) is 7.96. The molecule has 1 saturated carbocycles. The number of piperazine rings is 1. The van der Waals surface area contributed by atoms with E-state index >= 15 is 0 Å². The third kappa shape index (κ3) is 4.37. The highest BCUT2D eigenvalue weighted by Gasteiger charge is 2.26. The number of hydrogen-bond acceptors (Lipinski definition) is 2.